The first kappa shape index (κ1) is 20.0. The number of hydrogen-bond acceptors (Lipinski definition) is 4. The van der Waals surface area contributed by atoms with E-state index in [9.17, 15) is 4.79 Å². The molecule has 0 radical (unpaired) electrons. The van der Waals surface area contributed by atoms with Gasteiger partial charge in [-0.15, -0.1) is 0 Å². The van der Waals surface area contributed by atoms with Gasteiger partial charge in [0.2, 0.25) is 5.91 Å². The van der Waals surface area contributed by atoms with Crippen LogP contribution < -0.4 is 20.1 Å². The Morgan fingerprint density at radius 1 is 0.862 bits per heavy atom. The molecule has 3 aromatic rings. The normalized spacial score (nSPS) is 10.1. The van der Waals surface area contributed by atoms with Gasteiger partial charge in [0.15, 0.2) is 0 Å². The molecule has 0 aliphatic heterocycles. The van der Waals surface area contributed by atoms with Gasteiger partial charge in [0.05, 0.1) is 6.54 Å². The molecular formula is C24H24N2O3. The summed E-state index contributed by atoms with van der Waals surface area (Å²) in [7, 11) is 0. The second kappa shape index (κ2) is 10.6. The molecule has 3 aromatic carbocycles. The number of amides is 1. The van der Waals surface area contributed by atoms with Gasteiger partial charge < -0.3 is 20.1 Å². The van der Waals surface area contributed by atoms with Gasteiger partial charge in [-0.1, -0.05) is 49.1 Å². The molecular weight excluding hydrogens is 364 g/mol. The van der Waals surface area contributed by atoms with Crippen LogP contribution in [-0.2, 0) is 11.4 Å². The van der Waals surface area contributed by atoms with Gasteiger partial charge in [-0.05, 0) is 42.0 Å². The average Bonchev–Trinajstić information content (AvgIpc) is 2.77. The molecule has 0 saturated carbocycles. The summed E-state index contributed by atoms with van der Waals surface area (Å²) in [5.41, 5.74) is 2.63. The first-order chi connectivity index (χ1) is 14.2. The van der Waals surface area contributed by atoms with E-state index in [1.807, 2.05) is 54.6 Å². The molecule has 148 valence electrons. The van der Waals surface area contributed by atoms with Crippen molar-refractivity contribution in [1.82, 2.24) is 0 Å². The quantitative estimate of drug-likeness (QED) is 0.486. The van der Waals surface area contributed by atoms with E-state index >= 15 is 0 Å². The van der Waals surface area contributed by atoms with Gasteiger partial charge >= 0.3 is 0 Å². The van der Waals surface area contributed by atoms with Crippen molar-refractivity contribution in [3.05, 3.63) is 97.1 Å². The summed E-state index contributed by atoms with van der Waals surface area (Å²) < 4.78 is 11.2. The first-order valence-corrected chi connectivity index (χ1v) is 9.37. The number of hydrogen-bond donors (Lipinski definition) is 2. The topological polar surface area (TPSA) is 59.6 Å². The zero-order valence-corrected chi connectivity index (χ0v) is 16.1. The molecule has 0 atom stereocenters. The van der Waals surface area contributed by atoms with Crippen molar-refractivity contribution < 1.29 is 14.3 Å². The van der Waals surface area contributed by atoms with E-state index in [0.717, 1.165) is 22.7 Å². The highest BCUT2D eigenvalue weighted by atomic mass is 16.5. The first-order valence-electron chi connectivity index (χ1n) is 9.37. The SMILES string of the molecule is C=CCOc1ccc(NC(=O)CNc2cccc(OCc3ccccc3)c2)cc1. The summed E-state index contributed by atoms with van der Waals surface area (Å²) in [4.78, 5) is 12.2. The average molecular weight is 388 g/mol. The molecule has 1 amide bonds. The van der Waals surface area contributed by atoms with E-state index in [1.165, 1.54) is 0 Å². The molecule has 0 aliphatic rings. The lowest BCUT2D eigenvalue weighted by molar-refractivity contribution is -0.114. The van der Waals surface area contributed by atoms with Crippen LogP contribution in [0.15, 0.2) is 91.5 Å². The molecule has 0 unspecified atom stereocenters. The molecule has 0 saturated heterocycles. The Labute approximate surface area is 171 Å². The van der Waals surface area contributed by atoms with E-state index < -0.39 is 0 Å². The smallest absolute Gasteiger partial charge is 0.243 e. The monoisotopic (exact) mass is 388 g/mol. The van der Waals surface area contributed by atoms with Crippen molar-refractivity contribution in [3.63, 3.8) is 0 Å². The maximum absolute atomic E-state index is 12.2. The highest BCUT2D eigenvalue weighted by Gasteiger charge is 2.04. The standard InChI is InChI=1S/C24H24N2O3/c1-2-15-28-22-13-11-20(12-14-22)26-24(27)17-25-21-9-6-10-23(16-21)29-18-19-7-4-3-5-8-19/h2-14,16,25H,1,15,17-18H2,(H,26,27). The van der Waals surface area contributed by atoms with E-state index in [-0.39, 0.29) is 12.5 Å². The lowest BCUT2D eigenvalue weighted by Gasteiger charge is -2.11. The van der Waals surface area contributed by atoms with Crippen LogP contribution in [-0.4, -0.2) is 19.1 Å². The lowest BCUT2D eigenvalue weighted by atomic mass is 10.2. The summed E-state index contributed by atoms with van der Waals surface area (Å²) in [6.07, 6.45) is 1.68. The fourth-order valence-electron chi connectivity index (χ4n) is 2.61. The van der Waals surface area contributed by atoms with Crippen molar-refractivity contribution in [2.45, 2.75) is 6.61 Å². The number of carbonyl (C=O) groups is 1. The summed E-state index contributed by atoms with van der Waals surface area (Å²) >= 11 is 0. The summed E-state index contributed by atoms with van der Waals surface area (Å²) in [6, 6.07) is 24.7. The Bertz CT molecular complexity index is 924. The summed E-state index contributed by atoms with van der Waals surface area (Å²) in [5, 5.41) is 5.96. The van der Waals surface area contributed by atoms with Gasteiger partial charge in [0.1, 0.15) is 24.7 Å². The second-order valence-electron chi connectivity index (χ2n) is 6.33. The van der Waals surface area contributed by atoms with Gasteiger partial charge in [0.25, 0.3) is 0 Å². The third kappa shape index (κ3) is 6.74. The van der Waals surface area contributed by atoms with Crippen molar-refractivity contribution in [2.75, 3.05) is 23.8 Å². The van der Waals surface area contributed by atoms with Crippen molar-refractivity contribution in [1.29, 1.82) is 0 Å². The predicted molar refractivity (Wildman–Crippen MR) is 116 cm³/mol. The molecule has 0 heterocycles. The van der Waals surface area contributed by atoms with Crippen LogP contribution in [0.25, 0.3) is 0 Å². The Kier molecular flexibility index (Phi) is 7.29. The largest absolute Gasteiger partial charge is 0.490 e. The maximum Gasteiger partial charge on any atom is 0.243 e. The second-order valence-corrected chi connectivity index (χ2v) is 6.33. The zero-order valence-electron chi connectivity index (χ0n) is 16.1. The molecule has 0 aromatic heterocycles. The highest BCUT2D eigenvalue weighted by Crippen LogP contribution is 2.19. The molecule has 0 fully saturated rings. The minimum absolute atomic E-state index is 0.139. The predicted octanol–water partition coefficient (Wildman–Crippen LogP) is 4.88. The number of ether oxygens (including phenoxy) is 2. The molecule has 0 aliphatic carbocycles. The third-order valence-corrected chi connectivity index (χ3v) is 4.04. The van der Waals surface area contributed by atoms with E-state index in [4.69, 9.17) is 9.47 Å². The fraction of sp³-hybridized carbons (Fsp3) is 0.125. The molecule has 5 nitrogen and oxygen atoms in total. The number of anilines is 2. The van der Waals surface area contributed by atoms with Gasteiger partial charge in [-0.3, -0.25) is 4.79 Å². The highest BCUT2D eigenvalue weighted by molar-refractivity contribution is 5.93. The van der Waals surface area contributed by atoms with Crippen LogP contribution in [0.3, 0.4) is 0 Å². The van der Waals surface area contributed by atoms with Crippen LogP contribution in [0.4, 0.5) is 11.4 Å². The van der Waals surface area contributed by atoms with E-state index in [0.29, 0.717) is 18.9 Å². The van der Waals surface area contributed by atoms with Crippen molar-refractivity contribution in [3.8, 4) is 11.5 Å². The van der Waals surface area contributed by atoms with Crippen LogP contribution in [0, 0.1) is 0 Å². The maximum atomic E-state index is 12.2. The number of rotatable bonds is 10. The van der Waals surface area contributed by atoms with Crippen LogP contribution in [0.1, 0.15) is 5.56 Å². The van der Waals surface area contributed by atoms with Crippen LogP contribution in [0.2, 0.25) is 0 Å². The van der Waals surface area contributed by atoms with E-state index in [1.54, 1.807) is 30.3 Å². The fourth-order valence-corrected chi connectivity index (χ4v) is 2.61. The van der Waals surface area contributed by atoms with Gasteiger partial charge in [-0.25, -0.2) is 0 Å². The number of nitrogens with one attached hydrogen (secondary N) is 2. The minimum Gasteiger partial charge on any atom is -0.490 e. The van der Waals surface area contributed by atoms with Gasteiger partial charge in [-0.2, -0.15) is 0 Å². The zero-order chi connectivity index (χ0) is 20.3. The van der Waals surface area contributed by atoms with E-state index in [2.05, 4.69) is 17.2 Å². The Morgan fingerprint density at radius 2 is 1.66 bits per heavy atom. The minimum atomic E-state index is -0.139. The lowest BCUT2D eigenvalue weighted by Crippen LogP contribution is -2.21. The molecule has 2 N–H and O–H groups in total. The van der Waals surface area contributed by atoms with Gasteiger partial charge in [0, 0.05) is 17.4 Å². The van der Waals surface area contributed by atoms with Crippen LogP contribution >= 0.6 is 0 Å². The Morgan fingerprint density at radius 3 is 2.41 bits per heavy atom. The molecule has 5 heteroatoms. The third-order valence-electron chi connectivity index (χ3n) is 4.04. The number of carbonyl (C=O) groups excluding carboxylic acids is 1. The Balaban J connectivity index is 1.46. The molecule has 3 rings (SSSR count). The Hall–Kier alpha value is -3.73. The van der Waals surface area contributed by atoms with Crippen molar-refractivity contribution >= 4 is 17.3 Å². The van der Waals surface area contributed by atoms with Crippen molar-refractivity contribution in [2.24, 2.45) is 0 Å². The molecule has 0 spiro atoms. The molecule has 0 bridgehead atoms. The van der Waals surface area contributed by atoms with Crippen LogP contribution in [0.5, 0.6) is 11.5 Å². The summed E-state index contributed by atoms with van der Waals surface area (Å²) in [5.74, 6) is 1.34. The summed E-state index contributed by atoms with van der Waals surface area (Å²) in [6.45, 7) is 4.71. The molecule has 29 heavy (non-hydrogen) atoms. The number of benzene rings is 3.